The Balaban J connectivity index is 1.64. The van der Waals surface area contributed by atoms with Crippen LogP contribution in [0.1, 0.15) is 12.5 Å². The van der Waals surface area contributed by atoms with E-state index in [9.17, 15) is 23.6 Å². The maximum absolute atomic E-state index is 13.5. The lowest BCUT2D eigenvalue weighted by Crippen LogP contribution is -2.45. The van der Waals surface area contributed by atoms with E-state index in [1.807, 2.05) is 5.32 Å². The highest BCUT2D eigenvalue weighted by atomic mass is 19.1. The molecular formula is C19H17FN4O4. The lowest BCUT2D eigenvalue weighted by atomic mass is 9.92. The third kappa shape index (κ3) is 3.68. The van der Waals surface area contributed by atoms with E-state index in [2.05, 4.69) is 10.6 Å². The van der Waals surface area contributed by atoms with Gasteiger partial charge in [0.25, 0.3) is 5.91 Å². The highest BCUT2D eigenvalue weighted by molar-refractivity contribution is 6.10. The molecule has 0 bridgehead atoms. The normalized spacial score (nSPS) is 18.6. The number of amides is 6. The molecule has 8 nitrogen and oxygen atoms in total. The molecule has 3 N–H and O–H groups in total. The van der Waals surface area contributed by atoms with Crippen LogP contribution in [0, 0.1) is 5.82 Å². The van der Waals surface area contributed by atoms with Gasteiger partial charge >= 0.3 is 12.1 Å². The van der Waals surface area contributed by atoms with Gasteiger partial charge in [0.2, 0.25) is 5.91 Å². The van der Waals surface area contributed by atoms with Crippen LogP contribution in [0.25, 0.3) is 0 Å². The van der Waals surface area contributed by atoms with Crippen LogP contribution in [0.3, 0.4) is 0 Å². The van der Waals surface area contributed by atoms with Crippen LogP contribution in [0.5, 0.6) is 0 Å². The lowest BCUT2D eigenvalue weighted by molar-refractivity contribution is -0.134. The van der Waals surface area contributed by atoms with Crippen molar-refractivity contribution in [2.75, 3.05) is 11.9 Å². The SMILES string of the molecule is CC1(c2ccccc2)NC(=O)N(CC(=O)NC(=O)Nc2ccccc2F)C1=O. The lowest BCUT2D eigenvalue weighted by Gasteiger charge is -2.22. The minimum absolute atomic E-state index is 0.112. The summed E-state index contributed by atoms with van der Waals surface area (Å²) in [5, 5.41) is 6.70. The predicted molar refractivity (Wildman–Crippen MR) is 97.6 cm³/mol. The Bertz CT molecular complexity index is 950. The van der Waals surface area contributed by atoms with E-state index < -0.39 is 41.8 Å². The van der Waals surface area contributed by atoms with Gasteiger partial charge in [-0.3, -0.25) is 19.8 Å². The second kappa shape index (κ2) is 7.47. The van der Waals surface area contributed by atoms with Gasteiger partial charge in [-0.05, 0) is 24.6 Å². The standard InChI is InChI=1S/C19H17FN4O4/c1-19(12-7-3-2-4-8-12)16(26)24(18(28)23-19)11-15(25)22-17(27)21-14-10-6-5-9-13(14)20/h2-10H,11H2,1H3,(H,23,28)(H2,21,22,25,27). The Morgan fingerprint density at radius 2 is 1.71 bits per heavy atom. The predicted octanol–water partition coefficient (Wildman–Crippen LogP) is 1.94. The number of nitrogens with one attached hydrogen (secondary N) is 3. The molecule has 0 aromatic heterocycles. The number of imide groups is 2. The van der Waals surface area contributed by atoms with Gasteiger partial charge < -0.3 is 10.6 Å². The van der Waals surface area contributed by atoms with Gasteiger partial charge in [0, 0.05) is 0 Å². The molecular weight excluding hydrogens is 367 g/mol. The first kappa shape index (κ1) is 19.0. The monoisotopic (exact) mass is 384 g/mol. The van der Waals surface area contributed by atoms with E-state index in [4.69, 9.17) is 0 Å². The maximum Gasteiger partial charge on any atom is 0.326 e. The van der Waals surface area contributed by atoms with Crippen molar-refractivity contribution >= 4 is 29.6 Å². The molecule has 0 saturated carbocycles. The summed E-state index contributed by atoms with van der Waals surface area (Å²) < 4.78 is 13.5. The smallest absolute Gasteiger partial charge is 0.319 e. The maximum atomic E-state index is 13.5. The molecule has 1 atom stereocenters. The number of carbonyl (C=O) groups is 4. The Morgan fingerprint density at radius 1 is 1.07 bits per heavy atom. The van der Waals surface area contributed by atoms with Crippen LogP contribution < -0.4 is 16.0 Å². The van der Waals surface area contributed by atoms with Gasteiger partial charge in [0.05, 0.1) is 5.69 Å². The first-order valence-corrected chi connectivity index (χ1v) is 8.36. The average Bonchev–Trinajstić information content (AvgIpc) is 2.88. The highest BCUT2D eigenvalue weighted by Gasteiger charge is 2.49. The topological polar surface area (TPSA) is 108 Å². The summed E-state index contributed by atoms with van der Waals surface area (Å²) in [6, 6.07) is 12.3. The van der Waals surface area contributed by atoms with E-state index in [0.29, 0.717) is 5.56 Å². The Kier molecular flexibility index (Phi) is 5.08. The second-order valence-electron chi connectivity index (χ2n) is 6.29. The van der Waals surface area contributed by atoms with Gasteiger partial charge in [-0.25, -0.2) is 14.0 Å². The summed E-state index contributed by atoms with van der Waals surface area (Å²) in [5.74, 6) is -2.18. The van der Waals surface area contributed by atoms with Crippen molar-refractivity contribution in [3.63, 3.8) is 0 Å². The number of para-hydroxylation sites is 1. The number of carbonyl (C=O) groups excluding carboxylic acids is 4. The van der Waals surface area contributed by atoms with Gasteiger partial charge in [-0.15, -0.1) is 0 Å². The molecule has 1 saturated heterocycles. The molecule has 0 spiro atoms. The third-order valence-corrected chi connectivity index (χ3v) is 4.30. The Labute approximate surface area is 159 Å². The molecule has 6 amide bonds. The molecule has 1 heterocycles. The van der Waals surface area contributed by atoms with Gasteiger partial charge in [-0.2, -0.15) is 0 Å². The highest BCUT2D eigenvalue weighted by Crippen LogP contribution is 2.28. The van der Waals surface area contributed by atoms with Crippen molar-refractivity contribution in [3.8, 4) is 0 Å². The average molecular weight is 384 g/mol. The van der Waals surface area contributed by atoms with E-state index in [1.165, 1.54) is 25.1 Å². The van der Waals surface area contributed by atoms with Crippen molar-refractivity contribution < 1.29 is 23.6 Å². The molecule has 2 aromatic carbocycles. The summed E-state index contributed by atoms with van der Waals surface area (Å²) in [7, 11) is 0. The van der Waals surface area contributed by atoms with Crippen molar-refractivity contribution in [2.24, 2.45) is 0 Å². The van der Waals surface area contributed by atoms with Gasteiger partial charge in [-0.1, -0.05) is 42.5 Å². The number of urea groups is 2. The van der Waals surface area contributed by atoms with Crippen molar-refractivity contribution in [1.82, 2.24) is 15.5 Å². The molecule has 9 heteroatoms. The van der Waals surface area contributed by atoms with Crippen LogP contribution >= 0.6 is 0 Å². The molecule has 1 unspecified atom stereocenters. The number of benzene rings is 2. The minimum atomic E-state index is -1.31. The fourth-order valence-corrected chi connectivity index (χ4v) is 2.83. The fourth-order valence-electron chi connectivity index (χ4n) is 2.83. The van der Waals surface area contributed by atoms with Gasteiger partial charge in [0.1, 0.15) is 17.9 Å². The molecule has 144 valence electrons. The van der Waals surface area contributed by atoms with E-state index >= 15 is 0 Å². The van der Waals surface area contributed by atoms with Crippen molar-refractivity contribution in [3.05, 3.63) is 66.0 Å². The zero-order chi connectivity index (χ0) is 20.3. The van der Waals surface area contributed by atoms with Crippen molar-refractivity contribution in [1.29, 1.82) is 0 Å². The molecule has 28 heavy (non-hydrogen) atoms. The first-order chi connectivity index (χ1) is 13.3. The molecule has 2 aromatic rings. The molecule has 3 rings (SSSR count). The number of rotatable bonds is 4. The summed E-state index contributed by atoms with van der Waals surface area (Å²) in [5.41, 5.74) is -0.860. The van der Waals surface area contributed by atoms with E-state index in [-0.39, 0.29) is 5.69 Å². The van der Waals surface area contributed by atoms with Crippen LogP contribution in [-0.4, -0.2) is 35.3 Å². The molecule has 1 aliphatic rings. The fraction of sp³-hybridized carbons (Fsp3) is 0.158. The Morgan fingerprint density at radius 3 is 2.39 bits per heavy atom. The third-order valence-electron chi connectivity index (χ3n) is 4.30. The number of hydrogen-bond donors (Lipinski definition) is 3. The quantitative estimate of drug-likeness (QED) is 0.700. The van der Waals surface area contributed by atoms with Crippen LogP contribution in [-0.2, 0) is 15.1 Å². The molecule has 1 fully saturated rings. The van der Waals surface area contributed by atoms with Crippen LogP contribution in [0.15, 0.2) is 54.6 Å². The number of hydrogen-bond acceptors (Lipinski definition) is 4. The minimum Gasteiger partial charge on any atom is -0.319 e. The second-order valence-corrected chi connectivity index (χ2v) is 6.29. The van der Waals surface area contributed by atoms with E-state index in [0.717, 1.165) is 11.0 Å². The summed E-state index contributed by atoms with van der Waals surface area (Å²) in [6.07, 6.45) is 0. The van der Waals surface area contributed by atoms with E-state index in [1.54, 1.807) is 30.3 Å². The molecule has 1 aliphatic heterocycles. The summed E-state index contributed by atoms with van der Waals surface area (Å²) in [6.45, 7) is 0.878. The number of anilines is 1. The zero-order valence-electron chi connectivity index (χ0n) is 14.9. The van der Waals surface area contributed by atoms with Crippen molar-refractivity contribution in [2.45, 2.75) is 12.5 Å². The first-order valence-electron chi connectivity index (χ1n) is 8.36. The number of nitrogens with zero attached hydrogens (tertiary/aromatic N) is 1. The van der Waals surface area contributed by atoms with Crippen LogP contribution in [0.2, 0.25) is 0 Å². The largest absolute Gasteiger partial charge is 0.326 e. The van der Waals surface area contributed by atoms with Gasteiger partial charge in [0.15, 0.2) is 0 Å². The number of halogens is 1. The molecule has 0 radical (unpaired) electrons. The summed E-state index contributed by atoms with van der Waals surface area (Å²) >= 11 is 0. The molecule has 0 aliphatic carbocycles. The zero-order valence-corrected chi connectivity index (χ0v) is 14.9. The van der Waals surface area contributed by atoms with Crippen LogP contribution in [0.4, 0.5) is 19.7 Å². The summed E-state index contributed by atoms with van der Waals surface area (Å²) in [4.78, 5) is 49.6. The Hall–Kier alpha value is -3.75.